The zero-order valence-electron chi connectivity index (χ0n) is 16.1. The first-order chi connectivity index (χ1) is 14.3. The molecule has 2 N–H and O–H groups in total. The molecule has 156 valence electrons. The molecule has 0 aliphatic heterocycles. The Balaban J connectivity index is 1.60. The molecule has 0 spiro atoms. The van der Waals surface area contributed by atoms with E-state index in [0.29, 0.717) is 32.3 Å². The average molecular weight is 465 g/mol. The quantitative estimate of drug-likeness (QED) is 0.373. The van der Waals surface area contributed by atoms with Crippen LogP contribution in [0.25, 0.3) is 11.4 Å². The number of aromatic nitrogens is 3. The normalized spacial score (nSPS) is 10.8. The van der Waals surface area contributed by atoms with Gasteiger partial charge < -0.3 is 10.1 Å². The van der Waals surface area contributed by atoms with Gasteiger partial charge in [-0.15, -0.1) is 5.10 Å². The summed E-state index contributed by atoms with van der Waals surface area (Å²) in [4.78, 5) is 28.7. The van der Waals surface area contributed by atoms with E-state index in [2.05, 4.69) is 20.5 Å². The van der Waals surface area contributed by atoms with Crippen LogP contribution in [0.1, 0.15) is 24.2 Å². The van der Waals surface area contributed by atoms with Gasteiger partial charge in [0.25, 0.3) is 0 Å². The third-order valence-corrected chi connectivity index (χ3v) is 5.16. The van der Waals surface area contributed by atoms with E-state index in [0.717, 1.165) is 17.3 Å². The van der Waals surface area contributed by atoms with Crippen LogP contribution in [0, 0.1) is 0 Å². The predicted octanol–water partition coefficient (Wildman–Crippen LogP) is 5.07. The van der Waals surface area contributed by atoms with E-state index in [1.807, 2.05) is 12.1 Å². The summed E-state index contributed by atoms with van der Waals surface area (Å²) in [6.07, 6.45) is -0.248. The monoisotopic (exact) mass is 464 g/mol. The van der Waals surface area contributed by atoms with Crippen LogP contribution in [-0.4, -0.2) is 38.9 Å². The number of aromatic amines is 1. The lowest BCUT2D eigenvalue weighted by molar-refractivity contribution is -0.113. The number of H-pyrrole nitrogens is 1. The lowest BCUT2D eigenvalue weighted by Crippen LogP contribution is -2.16. The maximum atomic E-state index is 12.3. The first kappa shape index (κ1) is 22.1. The molecule has 0 aliphatic carbocycles. The Morgan fingerprint density at radius 2 is 1.90 bits per heavy atom. The maximum absolute atomic E-state index is 12.3. The van der Waals surface area contributed by atoms with Gasteiger partial charge in [-0.3, -0.25) is 9.89 Å². The first-order valence-corrected chi connectivity index (χ1v) is 10.7. The van der Waals surface area contributed by atoms with Gasteiger partial charge in [0, 0.05) is 10.6 Å². The van der Waals surface area contributed by atoms with E-state index in [9.17, 15) is 9.59 Å². The zero-order chi connectivity index (χ0) is 21.7. The molecule has 0 bridgehead atoms. The Morgan fingerprint density at radius 3 is 2.60 bits per heavy atom. The Hall–Kier alpha value is -2.55. The number of carbonyl (C=O) groups excluding carboxylic acids is 2. The summed E-state index contributed by atoms with van der Waals surface area (Å²) in [5.41, 5.74) is 1.47. The Bertz CT molecular complexity index is 1050. The van der Waals surface area contributed by atoms with Crippen LogP contribution in [0.3, 0.4) is 0 Å². The van der Waals surface area contributed by atoms with Gasteiger partial charge in [-0.1, -0.05) is 35.0 Å². The van der Waals surface area contributed by atoms with Crippen molar-refractivity contribution in [3.63, 3.8) is 0 Å². The number of hydrogen-bond acceptors (Lipinski definition) is 6. The van der Waals surface area contributed by atoms with Gasteiger partial charge in [0.15, 0.2) is 5.82 Å². The molecule has 3 rings (SSSR count). The Kier molecular flexibility index (Phi) is 7.36. The molecule has 0 saturated carbocycles. The number of thioether (sulfide) groups is 1. The van der Waals surface area contributed by atoms with Crippen molar-refractivity contribution in [2.45, 2.75) is 25.1 Å². The summed E-state index contributed by atoms with van der Waals surface area (Å²) in [6.45, 7) is 3.52. The van der Waals surface area contributed by atoms with Crippen LogP contribution < -0.4 is 5.32 Å². The van der Waals surface area contributed by atoms with Crippen molar-refractivity contribution in [3.8, 4) is 11.4 Å². The van der Waals surface area contributed by atoms with Gasteiger partial charge in [0.05, 0.1) is 28.1 Å². The number of carbonyl (C=O) groups is 2. The number of anilines is 1. The van der Waals surface area contributed by atoms with Gasteiger partial charge in [0.2, 0.25) is 11.1 Å². The Labute approximate surface area is 187 Å². The lowest BCUT2D eigenvalue weighted by atomic mass is 10.2. The first-order valence-electron chi connectivity index (χ1n) is 8.93. The van der Waals surface area contributed by atoms with E-state index < -0.39 is 5.97 Å². The minimum Gasteiger partial charge on any atom is -0.459 e. The van der Waals surface area contributed by atoms with Gasteiger partial charge in [-0.25, -0.2) is 9.78 Å². The molecule has 0 radical (unpaired) electrons. The molecule has 0 aliphatic rings. The van der Waals surface area contributed by atoms with Gasteiger partial charge in [-0.2, -0.15) is 0 Å². The summed E-state index contributed by atoms with van der Waals surface area (Å²) in [5, 5.41) is 11.0. The fourth-order valence-electron chi connectivity index (χ4n) is 2.39. The number of halogens is 2. The third-order valence-electron chi connectivity index (χ3n) is 3.73. The van der Waals surface area contributed by atoms with Crippen LogP contribution in [0.4, 0.5) is 5.69 Å². The second-order valence-electron chi connectivity index (χ2n) is 6.46. The van der Waals surface area contributed by atoms with Crippen LogP contribution >= 0.6 is 35.0 Å². The topological polar surface area (TPSA) is 97.0 Å². The fraction of sp³-hybridized carbons (Fsp3) is 0.200. The average Bonchev–Trinajstić information content (AvgIpc) is 3.17. The molecule has 30 heavy (non-hydrogen) atoms. The molecular formula is C20H18Cl2N4O3S. The molecule has 1 amide bonds. The van der Waals surface area contributed by atoms with E-state index in [1.165, 1.54) is 12.1 Å². The fourth-order valence-corrected chi connectivity index (χ4v) is 3.28. The number of nitrogens with zero attached hydrogens (tertiary/aromatic N) is 2. The highest BCUT2D eigenvalue weighted by Crippen LogP contribution is 2.25. The van der Waals surface area contributed by atoms with Gasteiger partial charge >= 0.3 is 5.97 Å². The van der Waals surface area contributed by atoms with Crippen molar-refractivity contribution in [1.82, 2.24) is 15.2 Å². The number of ether oxygens (including phenoxy) is 1. The highest BCUT2D eigenvalue weighted by Gasteiger charge is 2.14. The summed E-state index contributed by atoms with van der Waals surface area (Å²) in [7, 11) is 0. The molecule has 10 heteroatoms. The number of rotatable bonds is 7. The second-order valence-corrected chi connectivity index (χ2v) is 8.25. The van der Waals surface area contributed by atoms with E-state index in [-0.39, 0.29) is 17.8 Å². The molecule has 0 saturated heterocycles. The minimum atomic E-state index is -0.484. The number of nitrogens with one attached hydrogen (secondary N) is 2. The summed E-state index contributed by atoms with van der Waals surface area (Å²) < 4.78 is 5.16. The van der Waals surface area contributed by atoms with Crippen molar-refractivity contribution in [3.05, 3.63) is 58.1 Å². The second kappa shape index (κ2) is 9.97. The smallest absolute Gasteiger partial charge is 0.338 e. The molecule has 7 nitrogen and oxygen atoms in total. The number of amides is 1. The molecule has 1 heterocycles. The molecule has 2 aromatic carbocycles. The SMILES string of the molecule is CC(C)OC(=O)c1ccc(Cl)c(NC(=O)CSc2n[nH]c(-c3ccc(Cl)cc3)n2)c1. The van der Waals surface area contributed by atoms with Crippen LogP contribution in [0.15, 0.2) is 47.6 Å². The Morgan fingerprint density at radius 1 is 1.17 bits per heavy atom. The molecule has 0 fully saturated rings. The van der Waals surface area contributed by atoms with Crippen LogP contribution in [-0.2, 0) is 9.53 Å². The zero-order valence-corrected chi connectivity index (χ0v) is 18.4. The van der Waals surface area contributed by atoms with Crippen molar-refractivity contribution in [2.24, 2.45) is 0 Å². The van der Waals surface area contributed by atoms with Crippen LogP contribution in [0.5, 0.6) is 0 Å². The molecule has 0 unspecified atom stereocenters. The lowest BCUT2D eigenvalue weighted by Gasteiger charge is -2.11. The summed E-state index contributed by atoms with van der Waals surface area (Å²) in [6, 6.07) is 11.7. The third kappa shape index (κ3) is 5.98. The largest absolute Gasteiger partial charge is 0.459 e. The molecule has 1 aromatic heterocycles. The summed E-state index contributed by atoms with van der Waals surface area (Å²) >= 11 is 13.2. The van der Waals surface area contributed by atoms with Gasteiger partial charge in [0.1, 0.15) is 0 Å². The number of hydrogen-bond donors (Lipinski definition) is 2. The van der Waals surface area contributed by atoms with Crippen molar-refractivity contribution < 1.29 is 14.3 Å². The predicted molar refractivity (Wildman–Crippen MR) is 118 cm³/mol. The number of esters is 1. The van der Waals surface area contributed by atoms with E-state index in [1.54, 1.807) is 32.0 Å². The maximum Gasteiger partial charge on any atom is 0.338 e. The van der Waals surface area contributed by atoms with Crippen molar-refractivity contribution in [2.75, 3.05) is 11.1 Å². The number of benzene rings is 2. The minimum absolute atomic E-state index is 0.0644. The highest BCUT2D eigenvalue weighted by molar-refractivity contribution is 7.99. The summed E-state index contributed by atoms with van der Waals surface area (Å²) in [5.74, 6) is -0.153. The molecule has 0 atom stereocenters. The van der Waals surface area contributed by atoms with Crippen molar-refractivity contribution >= 4 is 52.5 Å². The standard InChI is InChI=1S/C20H18Cl2N4O3S/c1-11(2)29-19(28)13-5-8-15(22)16(9-13)23-17(27)10-30-20-24-18(25-26-20)12-3-6-14(21)7-4-12/h3-9,11H,10H2,1-2H3,(H,23,27)(H,24,25,26). The van der Waals surface area contributed by atoms with Crippen LogP contribution in [0.2, 0.25) is 10.0 Å². The van der Waals surface area contributed by atoms with Crippen molar-refractivity contribution in [1.29, 1.82) is 0 Å². The molecule has 3 aromatic rings. The van der Waals surface area contributed by atoms with E-state index >= 15 is 0 Å². The highest BCUT2D eigenvalue weighted by atomic mass is 35.5. The molecular weight excluding hydrogens is 447 g/mol. The van der Waals surface area contributed by atoms with Gasteiger partial charge in [-0.05, 0) is 56.3 Å². The van der Waals surface area contributed by atoms with E-state index in [4.69, 9.17) is 27.9 Å².